The Morgan fingerprint density at radius 1 is 0.944 bits per heavy atom. The van der Waals surface area contributed by atoms with Gasteiger partial charge in [0.15, 0.2) is 0 Å². The summed E-state index contributed by atoms with van der Waals surface area (Å²) in [5.41, 5.74) is 1.11. The molecule has 1 aromatic carbocycles. The Morgan fingerprint density at radius 2 is 1.58 bits per heavy atom. The highest BCUT2D eigenvalue weighted by molar-refractivity contribution is 6.01. The van der Waals surface area contributed by atoms with Gasteiger partial charge in [0.2, 0.25) is 11.8 Å². The van der Waals surface area contributed by atoms with Gasteiger partial charge in [-0.3, -0.25) is 14.4 Å². The average molecular weight is 502 g/mol. The topological polar surface area (TPSA) is 116 Å². The molecule has 200 valence electrons. The van der Waals surface area contributed by atoms with Crippen molar-refractivity contribution in [3.05, 3.63) is 34.9 Å². The van der Waals surface area contributed by atoms with Gasteiger partial charge in [0.05, 0.1) is 12.1 Å². The standard InChI is InChI=1S/C28H43N3O5/c1-3-5-7-9-10-11-12-14-25(32)30-24(26(33)29-17-13-8-6-4-2)20-31-19-22-16-15-21(28(35)36)18-23(22)27(31)34/h15-16,18,24H,3-14,17,19-20H2,1-2H3,(H,29,33)(H,30,32)(H,35,36)/t24-/m0/s1. The van der Waals surface area contributed by atoms with Gasteiger partial charge in [-0.05, 0) is 30.5 Å². The van der Waals surface area contributed by atoms with Crippen LogP contribution < -0.4 is 10.6 Å². The molecule has 1 atom stereocenters. The summed E-state index contributed by atoms with van der Waals surface area (Å²) in [6.07, 6.45) is 12.2. The first-order valence-corrected chi connectivity index (χ1v) is 13.6. The number of hydrogen-bond acceptors (Lipinski definition) is 4. The highest BCUT2D eigenvalue weighted by Crippen LogP contribution is 2.24. The molecule has 1 aliphatic rings. The minimum atomic E-state index is -1.10. The summed E-state index contributed by atoms with van der Waals surface area (Å²) < 4.78 is 0. The van der Waals surface area contributed by atoms with Crippen LogP contribution in [0.2, 0.25) is 0 Å². The number of fused-ring (bicyclic) bond motifs is 1. The molecule has 0 saturated carbocycles. The Labute approximate surface area is 215 Å². The molecule has 1 aromatic rings. The predicted octanol–water partition coefficient (Wildman–Crippen LogP) is 4.66. The van der Waals surface area contributed by atoms with Crippen LogP contribution >= 0.6 is 0 Å². The third-order valence-electron chi connectivity index (χ3n) is 6.63. The van der Waals surface area contributed by atoms with Crippen molar-refractivity contribution < 1.29 is 24.3 Å². The summed E-state index contributed by atoms with van der Waals surface area (Å²) in [6.45, 7) is 5.16. The van der Waals surface area contributed by atoms with E-state index in [1.165, 1.54) is 42.7 Å². The van der Waals surface area contributed by atoms with Gasteiger partial charge in [-0.25, -0.2) is 4.79 Å². The number of nitrogens with zero attached hydrogens (tertiary/aromatic N) is 1. The Balaban J connectivity index is 1.95. The van der Waals surface area contributed by atoms with Crippen LogP contribution in [-0.4, -0.2) is 52.8 Å². The van der Waals surface area contributed by atoms with Crippen molar-refractivity contribution in [3.63, 3.8) is 0 Å². The van der Waals surface area contributed by atoms with Gasteiger partial charge >= 0.3 is 5.97 Å². The first kappa shape index (κ1) is 29.3. The van der Waals surface area contributed by atoms with Gasteiger partial charge in [0.1, 0.15) is 6.04 Å². The third-order valence-corrected chi connectivity index (χ3v) is 6.63. The third kappa shape index (κ3) is 9.63. The second-order valence-electron chi connectivity index (χ2n) is 9.71. The van der Waals surface area contributed by atoms with Crippen LogP contribution in [0.4, 0.5) is 0 Å². The number of nitrogens with one attached hydrogen (secondary N) is 2. The largest absolute Gasteiger partial charge is 0.478 e. The molecule has 8 nitrogen and oxygen atoms in total. The van der Waals surface area contributed by atoms with Crippen LogP contribution in [-0.2, 0) is 16.1 Å². The normalized spacial score (nSPS) is 13.4. The molecule has 8 heteroatoms. The number of benzene rings is 1. The zero-order chi connectivity index (χ0) is 26.3. The number of carbonyl (C=O) groups excluding carboxylic acids is 3. The molecular formula is C28H43N3O5. The van der Waals surface area contributed by atoms with E-state index in [2.05, 4.69) is 24.5 Å². The lowest BCUT2D eigenvalue weighted by molar-refractivity contribution is -0.129. The van der Waals surface area contributed by atoms with Gasteiger partial charge in [0, 0.05) is 25.1 Å². The van der Waals surface area contributed by atoms with E-state index < -0.39 is 12.0 Å². The Kier molecular flexibility index (Phi) is 13.0. The first-order chi connectivity index (χ1) is 17.4. The van der Waals surface area contributed by atoms with Crippen LogP contribution in [0.25, 0.3) is 0 Å². The Hall–Kier alpha value is -2.90. The molecule has 0 spiro atoms. The van der Waals surface area contributed by atoms with Crippen LogP contribution in [0.15, 0.2) is 18.2 Å². The molecule has 0 saturated heterocycles. The highest BCUT2D eigenvalue weighted by Gasteiger charge is 2.32. The fourth-order valence-corrected chi connectivity index (χ4v) is 4.45. The molecule has 0 unspecified atom stereocenters. The monoisotopic (exact) mass is 501 g/mol. The quantitative estimate of drug-likeness (QED) is 0.253. The van der Waals surface area contributed by atoms with Gasteiger partial charge in [-0.1, -0.05) is 77.7 Å². The van der Waals surface area contributed by atoms with Gasteiger partial charge in [-0.2, -0.15) is 0 Å². The molecule has 0 radical (unpaired) electrons. The fraction of sp³-hybridized carbons (Fsp3) is 0.643. The molecule has 1 aliphatic heterocycles. The average Bonchev–Trinajstić information content (AvgIpc) is 3.17. The molecule has 3 amide bonds. The summed E-state index contributed by atoms with van der Waals surface area (Å²) in [4.78, 5) is 51.4. The molecule has 0 bridgehead atoms. The number of hydrogen-bond donors (Lipinski definition) is 3. The molecule has 0 aromatic heterocycles. The van der Waals surface area contributed by atoms with Crippen molar-refractivity contribution in [2.24, 2.45) is 0 Å². The van der Waals surface area contributed by atoms with Crippen molar-refractivity contribution in [1.82, 2.24) is 15.5 Å². The number of carbonyl (C=O) groups is 4. The summed E-state index contributed by atoms with van der Waals surface area (Å²) in [5, 5.41) is 15.0. The minimum absolute atomic E-state index is 0.0411. The zero-order valence-corrected chi connectivity index (χ0v) is 21.9. The van der Waals surface area contributed by atoms with E-state index in [4.69, 9.17) is 0 Å². The van der Waals surface area contributed by atoms with Crippen LogP contribution in [0.3, 0.4) is 0 Å². The summed E-state index contributed by atoms with van der Waals surface area (Å²) in [6, 6.07) is 3.63. The number of carboxylic acid groups (broad SMARTS) is 1. The molecule has 0 aliphatic carbocycles. The van der Waals surface area contributed by atoms with Crippen molar-refractivity contribution in [3.8, 4) is 0 Å². The Bertz CT molecular complexity index is 886. The molecular weight excluding hydrogens is 458 g/mol. The fourth-order valence-electron chi connectivity index (χ4n) is 4.45. The second kappa shape index (κ2) is 16.0. The van der Waals surface area contributed by atoms with Crippen LogP contribution in [0, 0.1) is 0 Å². The molecule has 3 N–H and O–H groups in total. The first-order valence-electron chi connectivity index (χ1n) is 13.6. The number of aromatic carboxylic acids is 1. The van der Waals surface area contributed by atoms with Crippen molar-refractivity contribution >= 4 is 23.7 Å². The maximum absolute atomic E-state index is 13.0. The lowest BCUT2D eigenvalue weighted by atomic mass is 10.1. The van der Waals surface area contributed by atoms with E-state index in [-0.39, 0.29) is 36.4 Å². The summed E-state index contributed by atoms with van der Waals surface area (Å²) >= 11 is 0. The van der Waals surface area contributed by atoms with E-state index in [1.54, 1.807) is 6.07 Å². The van der Waals surface area contributed by atoms with Gasteiger partial charge < -0.3 is 20.6 Å². The predicted molar refractivity (Wildman–Crippen MR) is 140 cm³/mol. The number of rotatable bonds is 18. The maximum Gasteiger partial charge on any atom is 0.335 e. The number of carboxylic acids is 1. The molecule has 36 heavy (non-hydrogen) atoms. The zero-order valence-electron chi connectivity index (χ0n) is 21.9. The summed E-state index contributed by atoms with van der Waals surface area (Å²) in [5.74, 6) is -1.90. The lowest BCUT2D eigenvalue weighted by Gasteiger charge is -2.24. The SMILES string of the molecule is CCCCCCCCCC(=O)N[C@@H](CN1Cc2ccc(C(=O)O)cc2C1=O)C(=O)NCCCCCC. The summed E-state index contributed by atoms with van der Waals surface area (Å²) in [7, 11) is 0. The molecule has 0 fully saturated rings. The van der Waals surface area contributed by atoms with Crippen LogP contribution in [0.1, 0.15) is 117 Å². The smallest absolute Gasteiger partial charge is 0.335 e. The van der Waals surface area contributed by atoms with E-state index in [0.717, 1.165) is 50.5 Å². The number of amides is 3. The molecule has 2 rings (SSSR count). The highest BCUT2D eigenvalue weighted by atomic mass is 16.4. The second-order valence-corrected chi connectivity index (χ2v) is 9.71. The van der Waals surface area contributed by atoms with E-state index in [1.807, 2.05) is 0 Å². The maximum atomic E-state index is 13.0. The van der Waals surface area contributed by atoms with Crippen molar-refractivity contribution in [2.45, 2.75) is 103 Å². The lowest BCUT2D eigenvalue weighted by Crippen LogP contribution is -2.52. The molecule has 1 heterocycles. The van der Waals surface area contributed by atoms with Crippen LogP contribution in [0.5, 0.6) is 0 Å². The van der Waals surface area contributed by atoms with Crippen molar-refractivity contribution in [1.29, 1.82) is 0 Å². The van der Waals surface area contributed by atoms with Gasteiger partial charge in [0.25, 0.3) is 5.91 Å². The number of unbranched alkanes of at least 4 members (excludes halogenated alkanes) is 9. The van der Waals surface area contributed by atoms with E-state index >= 15 is 0 Å². The Morgan fingerprint density at radius 3 is 2.25 bits per heavy atom. The van der Waals surface area contributed by atoms with Gasteiger partial charge in [-0.15, -0.1) is 0 Å². The van der Waals surface area contributed by atoms with E-state index in [9.17, 15) is 24.3 Å². The van der Waals surface area contributed by atoms with Crippen molar-refractivity contribution in [2.75, 3.05) is 13.1 Å². The van der Waals surface area contributed by atoms with E-state index in [0.29, 0.717) is 18.5 Å². The minimum Gasteiger partial charge on any atom is -0.478 e.